The van der Waals surface area contributed by atoms with E-state index in [0.29, 0.717) is 35.6 Å². The fraction of sp³-hybridized carbons (Fsp3) is 0.538. The van der Waals surface area contributed by atoms with Crippen molar-refractivity contribution in [3.63, 3.8) is 0 Å². The van der Waals surface area contributed by atoms with E-state index in [-0.39, 0.29) is 6.61 Å². The molecule has 0 radical (unpaired) electrons. The molecular formula is C13H17Cl2NO3. The summed E-state index contributed by atoms with van der Waals surface area (Å²) in [7, 11) is 0. The topological polar surface area (TPSA) is 41.9 Å². The number of aliphatic hydroxyl groups excluding tert-OH is 1. The SMILES string of the molecule is OC(COc1cccc(Cl)c1Cl)CN1CCOCC1. The minimum atomic E-state index is -0.562. The molecule has 1 aromatic rings. The van der Waals surface area contributed by atoms with Crippen molar-refractivity contribution in [3.05, 3.63) is 28.2 Å². The minimum absolute atomic E-state index is 0.192. The molecule has 2 rings (SSSR count). The number of benzene rings is 1. The maximum Gasteiger partial charge on any atom is 0.139 e. The van der Waals surface area contributed by atoms with Gasteiger partial charge in [0.05, 0.1) is 18.2 Å². The molecule has 1 N–H and O–H groups in total. The number of β-amino-alcohol motifs (C(OH)–C–C–N with tert-alkyl or cyclic N) is 1. The van der Waals surface area contributed by atoms with Crippen molar-refractivity contribution in [2.75, 3.05) is 39.5 Å². The Hall–Kier alpha value is -0.520. The Labute approximate surface area is 122 Å². The monoisotopic (exact) mass is 305 g/mol. The van der Waals surface area contributed by atoms with Gasteiger partial charge in [-0.3, -0.25) is 4.90 Å². The molecule has 106 valence electrons. The summed E-state index contributed by atoms with van der Waals surface area (Å²) >= 11 is 11.9. The molecule has 4 nitrogen and oxygen atoms in total. The lowest BCUT2D eigenvalue weighted by Gasteiger charge is -2.28. The summed E-state index contributed by atoms with van der Waals surface area (Å²) < 4.78 is 10.7. The highest BCUT2D eigenvalue weighted by molar-refractivity contribution is 6.42. The van der Waals surface area contributed by atoms with E-state index in [9.17, 15) is 5.11 Å². The summed E-state index contributed by atoms with van der Waals surface area (Å²) in [4.78, 5) is 2.15. The normalized spacial score (nSPS) is 18.3. The number of aliphatic hydroxyl groups is 1. The van der Waals surface area contributed by atoms with Gasteiger partial charge in [-0.2, -0.15) is 0 Å². The van der Waals surface area contributed by atoms with E-state index in [1.807, 2.05) is 0 Å². The number of hydrogen-bond donors (Lipinski definition) is 1. The number of hydrogen-bond acceptors (Lipinski definition) is 4. The van der Waals surface area contributed by atoms with Gasteiger partial charge in [0.1, 0.15) is 23.5 Å². The van der Waals surface area contributed by atoms with Gasteiger partial charge in [-0.05, 0) is 12.1 Å². The molecule has 1 saturated heterocycles. The number of ether oxygens (including phenoxy) is 2. The molecule has 0 spiro atoms. The van der Waals surface area contributed by atoms with Crippen LogP contribution in [0.15, 0.2) is 18.2 Å². The molecule has 1 aliphatic heterocycles. The van der Waals surface area contributed by atoms with E-state index in [0.717, 1.165) is 13.1 Å². The van der Waals surface area contributed by atoms with Crippen molar-refractivity contribution in [3.8, 4) is 5.75 Å². The molecular weight excluding hydrogens is 289 g/mol. The molecule has 1 aliphatic rings. The minimum Gasteiger partial charge on any atom is -0.489 e. The zero-order valence-electron chi connectivity index (χ0n) is 10.5. The van der Waals surface area contributed by atoms with E-state index in [1.165, 1.54) is 0 Å². The Morgan fingerprint density at radius 2 is 2.05 bits per heavy atom. The maximum atomic E-state index is 9.94. The third kappa shape index (κ3) is 4.51. The molecule has 1 fully saturated rings. The molecule has 0 aliphatic carbocycles. The van der Waals surface area contributed by atoms with Gasteiger partial charge >= 0.3 is 0 Å². The summed E-state index contributed by atoms with van der Waals surface area (Å²) in [5.74, 6) is 0.496. The number of nitrogens with zero attached hydrogens (tertiary/aromatic N) is 1. The Kier molecular flexibility index (Phi) is 5.73. The second kappa shape index (κ2) is 7.31. The van der Waals surface area contributed by atoms with Crippen LogP contribution in [0.25, 0.3) is 0 Å². The Morgan fingerprint density at radius 1 is 1.32 bits per heavy atom. The molecule has 6 heteroatoms. The second-order valence-electron chi connectivity index (χ2n) is 4.43. The van der Waals surface area contributed by atoms with Crippen LogP contribution in [0.2, 0.25) is 10.0 Å². The van der Waals surface area contributed by atoms with Crippen LogP contribution in [0.1, 0.15) is 0 Å². The molecule has 1 atom stereocenters. The van der Waals surface area contributed by atoms with Crippen LogP contribution >= 0.6 is 23.2 Å². The maximum absolute atomic E-state index is 9.94. The first-order valence-corrected chi connectivity index (χ1v) is 6.97. The van der Waals surface area contributed by atoms with Crippen LogP contribution < -0.4 is 4.74 Å². The van der Waals surface area contributed by atoms with E-state index < -0.39 is 6.10 Å². The van der Waals surface area contributed by atoms with Crippen LogP contribution in [-0.4, -0.2) is 55.6 Å². The smallest absolute Gasteiger partial charge is 0.139 e. The third-order valence-electron chi connectivity index (χ3n) is 2.92. The van der Waals surface area contributed by atoms with Crippen molar-refractivity contribution in [2.24, 2.45) is 0 Å². The molecule has 0 amide bonds. The van der Waals surface area contributed by atoms with Crippen molar-refractivity contribution in [1.82, 2.24) is 4.90 Å². The first-order valence-electron chi connectivity index (χ1n) is 6.22. The average Bonchev–Trinajstić information content (AvgIpc) is 2.42. The van der Waals surface area contributed by atoms with Gasteiger partial charge in [-0.1, -0.05) is 29.3 Å². The lowest BCUT2D eigenvalue weighted by atomic mass is 10.3. The molecule has 0 saturated carbocycles. The average molecular weight is 306 g/mol. The van der Waals surface area contributed by atoms with E-state index in [1.54, 1.807) is 18.2 Å². The molecule has 0 bridgehead atoms. The van der Waals surface area contributed by atoms with Crippen molar-refractivity contribution in [1.29, 1.82) is 0 Å². The zero-order chi connectivity index (χ0) is 13.7. The Morgan fingerprint density at radius 3 is 2.79 bits per heavy atom. The van der Waals surface area contributed by atoms with Crippen LogP contribution in [0.3, 0.4) is 0 Å². The Balaban J connectivity index is 1.79. The molecule has 0 aromatic heterocycles. The summed E-state index contributed by atoms with van der Waals surface area (Å²) in [5.41, 5.74) is 0. The summed E-state index contributed by atoms with van der Waals surface area (Å²) in [6, 6.07) is 5.19. The van der Waals surface area contributed by atoms with Crippen molar-refractivity contribution >= 4 is 23.2 Å². The summed E-state index contributed by atoms with van der Waals surface area (Å²) in [6.07, 6.45) is -0.562. The first-order chi connectivity index (χ1) is 9.16. The quantitative estimate of drug-likeness (QED) is 0.904. The summed E-state index contributed by atoms with van der Waals surface area (Å²) in [6.45, 7) is 3.88. The van der Waals surface area contributed by atoms with Gasteiger partial charge in [0.15, 0.2) is 0 Å². The van der Waals surface area contributed by atoms with Gasteiger partial charge in [0, 0.05) is 19.6 Å². The van der Waals surface area contributed by atoms with E-state index >= 15 is 0 Å². The zero-order valence-corrected chi connectivity index (χ0v) is 12.0. The van der Waals surface area contributed by atoms with Crippen LogP contribution in [0.5, 0.6) is 5.75 Å². The molecule has 1 unspecified atom stereocenters. The van der Waals surface area contributed by atoms with E-state index in [4.69, 9.17) is 32.7 Å². The van der Waals surface area contributed by atoms with Gasteiger partial charge < -0.3 is 14.6 Å². The van der Waals surface area contributed by atoms with Crippen LogP contribution in [0, 0.1) is 0 Å². The fourth-order valence-electron chi connectivity index (χ4n) is 1.92. The van der Waals surface area contributed by atoms with Crippen molar-refractivity contribution in [2.45, 2.75) is 6.10 Å². The van der Waals surface area contributed by atoms with Crippen LogP contribution in [-0.2, 0) is 4.74 Å². The number of rotatable bonds is 5. The highest BCUT2D eigenvalue weighted by Gasteiger charge is 2.16. The van der Waals surface area contributed by atoms with Crippen LogP contribution in [0.4, 0.5) is 0 Å². The second-order valence-corrected chi connectivity index (χ2v) is 5.21. The standard InChI is InChI=1S/C13H17Cl2NO3/c14-11-2-1-3-12(13(11)15)19-9-10(17)8-16-4-6-18-7-5-16/h1-3,10,17H,4-9H2. The highest BCUT2D eigenvalue weighted by Crippen LogP contribution is 2.31. The molecule has 1 aromatic carbocycles. The number of morpholine rings is 1. The van der Waals surface area contributed by atoms with Gasteiger partial charge in [-0.25, -0.2) is 0 Å². The highest BCUT2D eigenvalue weighted by atomic mass is 35.5. The predicted octanol–water partition coefficient (Wildman–Crippen LogP) is 2.07. The molecule has 19 heavy (non-hydrogen) atoms. The van der Waals surface area contributed by atoms with Gasteiger partial charge in [0.25, 0.3) is 0 Å². The van der Waals surface area contributed by atoms with E-state index in [2.05, 4.69) is 4.90 Å². The predicted molar refractivity (Wildman–Crippen MR) is 75.2 cm³/mol. The van der Waals surface area contributed by atoms with Gasteiger partial charge in [0.2, 0.25) is 0 Å². The summed E-state index contributed by atoms with van der Waals surface area (Å²) in [5, 5.41) is 10.8. The largest absolute Gasteiger partial charge is 0.489 e. The number of halogens is 2. The lowest BCUT2D eigenvalue weighted by molar-refractivity contribution is 0.00467. The Bertz CT molecular complexity index is 411. The lowest BCUT2D eigenvalue weighted by Crippen LogP contribution is -2.42. The first kappa shape index (κ1) is 14.9. The molecule has 1 heterocycles. The van der Waals surface area contributed by atoms with Crippen molar-refractivity contribution < 1.29 is 14.6 Å². The fourth-order valence-corrected chi connectivity index (χ4v) is 2.26. The van der Waals surface area contributed by atoms with Gasteiger partial charge in [-0.15, -0.1) is 0 Å². The third-order valence-corrected chi connectivity index (χ3v) is 3.72.